The molecular weight excluding hydrogens is 885 g/mol. The first kappa shape index (κ1) is 57.0. The van der Waals surface area contributed by atoms with Crippen molar-refractivity contribution in [1.82, 2.24) is 4.58 Å². The zero-order valence-electron chi connectivity index (χ0n) is 46.9. The summed E-state index contributed by atoms with van der Waals surface area (Å²) in [5.41, 5.74) is 11.5. The number of carbonyl (C=O) groups excluding carboxylic acids is 1. The van der Waals surface area contributed by atoms with Crippen molar-refractivity contribution >= 4 is 62.9 Å². The van der Waals surface area contributed by atoms with E-state index in [1.54, 1.807) is 0 Å². The fourth-order valence-electron chi connectivity index (χ4n) is 9.65. The van der Waals surface area contributed by atoms with E-state index < -0.39 is 0 Å². The summed E-state index contributed by atoms with van der Waals surface area (Å²) in [4.78, 5) is 21.6. The van der Waals surface area contributed by atoms with Crippen molar-refractivity contribution in [3.63, 3.8) is 0 Å². The van der Waals surface area contributed by atoms with Crippen LogP contribution in [0.3, 0.4) is 0 Å². The largest absolute Gasteiger partial charge is 0.462 e. The average molecular weight is 977 g/mol. The van der Waals surface area contributed by atoms with Crippen LogP contribution in [0.1, 0.15) is 103 Å². The maximum Gasteiger partial charge on any atom is 0.330 e. The number of anilines is 6. The van der Waals surface area contributed by atoms with Crippen molar-refractivity contribution < 1.29 is 14.1 Å². The summed E-state index contributed by atoms with van der Waals surface area (Å²) in [5, 5.41) is 0. The van der Waals surface area contributed by atoms with Gasteiger partial charge in [0.15, 0.2) is 5.71 Å². The molecule has 0 spiro atoms. The van der Waals surface area contributed by atoms with Gasteiger partial charge in [-0.3, -0.25) is 0 Å². The van der Waals surface area contributed by atoms with Crippen molar-refractivity contribution in [3.05, 3.63) is 134 Å². The number of hydrogen-bond donors (Lipinski definition) is 0. The molecular formula is C64H92N6O2+2. The van der Waals surface area contributed by atoms with Crippen LogP contribution < -0.4 is 24.2 Å². The zero-order chi connectivity index (χ0) is 52.5. The first-order chi connectivity index (χ1) is 34.3. The number of allylic oxidation sites excluding steroid dienone is 4. The lowest BCUT2D eigenvalue weighted by Crippen LogP contribution is -2.31. The molecule has 1 aliphatic carbocycles. The summed E-state index contributed by atoms with van der Waals surface area (Å²) in [6, 6.07) is 36.4. The molecule has 388 valence electrons. The molecule has 4 aromatic rings. The molecule has 0 aromatic heterocycles. The highest BCUT2D eigenvalue weighted by Crippen LogP contribution is 2.38. The Hall–Kier alpha value is -5.89. The monoisotopic (exact) mass is 977 g/mol. The van der Waals surface area contributed by atoms with Gasteiger partial charge in [0, 0.05) is 140 Å². The Morgan fingerprint density at radius 3 is 1.14 bits per heavy atom. The first-order valence-electron chi connectivity index (χ1n) is 27.2. The second-order valence-corrected chi connectivity index (χ2v) is 22.9. The van der Waals surface area contributed by atoms with Crippen LogP contribution in [0.2, 0.25) is 0 Å². The molecule has 5 rings (SSSR count). The van der Waals surface area contributed by atoms with E-state index in [-0.39, 0.29) is 5.97 Å². The lowest BCUT2D eigenvalue weighted by atomic mass is 10.1. The van der Waals surface area contributed by atoms with Gasteiger partial charge >= 0.3 is 5.97 Å². The summed E-state index contributed by atoms with van der Waals surface area (Å²) in [6.07, 6.45) is 11.1. The van der Waals surface area contributed by atoms with Gasteiger partial charge in [0.1, 0.15) is 13.1 Å². The van der Waals surface area contributed by atoms with Gasteiger partial charge in [-0.25, -0.2) is 9.37 Å². The molecule has 1 aliphatic rings. The van der Waals surface area contributed by atoms with Gasteiger partial charge in [-0.1, -0.05) is 104 Å². The minimum Gasteiger partial charge on any atom is -0.462 e. The van der Waals surface area contributed by atoms with Gasteiger partial charge in [0.25, 0.3) is 0 Å². The Bertz CT molecular complexity index is 2300. The highest BCUT2D eigenvalue weighted by molar-refractivity contribution is 6.18. The van der Waals surface area contributed by atoms with E-state index in [2.05, 4.69) is 254 Å². The number of ether oxygens (including phenoxy) is 1. The number of carbonyl (C=O) groups is 1. The van der Waals surface area contributed by atoms with Crippen LogP contribution in [0.4, 0.5) is 45.5 Å². The minimum atomic E-state index is -0.379. The molecule has 0 unspecified atom stereocenters. The second kappa shape index (κ2) is 27.8. The molecule has 0 N–H and O–H groups in total. The summed E-state index contributed by atoms with van der Waals surface area (Å²) in [5.74, 6) is 3.45. The third-order valence-electron chi connectivity index (χ3n) is 12.3. The van der Waals surface area contributed by atoms with Crippen molar-refractivity contribution in [2.45, 2.75) is 103 Å². The molecule has 0 atom stereocenters. The molecule has 0 saturated carbocycles. The summed E-state index contributed by atoms with van der Waals surface area (Å²) in [7, 11) is 0. The van der Waals surface area contributed by atoms with E-state index in [9.17, 15) is 4.79 Å². The maximum atomic E-state index is 11.8. The topological polar surface area (TPSA) is 45.3 Å². The third kappa shape index (κ3) is 17.4. The summed E-state index contributed by atoms with van der Waals surface area (Å²) in [6.45, 7) is 43.8. The lowest BCUT2D eigenvalue weighted by molar-refractivity contribution is -0.538. The van der Waals surface area contributed by atoms with E-state index >= 15 is 0 Å². The van der Waals surface area contributed by atoms with Crippen LogP contribution in [0.25, 0.3) is 0 Å². The van der Waals surface area contributed by atoms with Gasteiger partial charge in [0.2, 0.25) is 17.1 Å². The predicted molar refractivity (Wildman–Crippen MR) is 314 cm³/mol. The Labute approximate surface area is 437 Å². The van der Waals surface area contributed by atoms with Crippen molar-refractivity contribution in [3.8, 4) is 0 Å². The second-order valence-electron chi connectivity index (χ2n) is 22.9. The Kier molecular flexibility index (Phi) is 22.0. The van der Waals surface area contributed by atoms with E-state index in [1.807, 2.05) is 0 Å². The fourth-order valence-corrected chi connectivity index (χ4v) is 9.65. The van der Waals surface area contributed by atoms with Gasteiger partial charge < -0.3 is 24.3 Å². The van der Waals surface area contributed by atoms with Gasteiger partial charge in [-0.15, -0.1) is 0 Å². The predicted octanol–water partition coefficient (Wildman–Crippen LogP) is 15.1. The molecule has 0 bridgehead atoms. The molecule has 0 aliphatic heterocycles. The molecule has 0 saturated heterocycles. The molecule has 0 fully saturated rings. The molecule has 72 heavy (non-hydrogen) atoms. The third-order valence-corrected chi connectivity index (χ3v) is 12.3. The zero-order valence-corrected chi connectivity index (χ0v) is 46.9. The van der Waals surface area contributed by atoms with E-state index in [1.165, 1.54) is 23.2 Å². The minimum absolute atomic E-state index is 0.363. The number of benzene rings is 4. The quantitative estimate of drug-likeness (QED) is 0.0195. The van der Waals surface area contributed by atoms with Crippen molar-refractivity contribution in [2.75, 3.05) is 78.6 Å². The number of hydrogen-bond acceptors (Lipinski definition) is 6. The van der Waals surface area contributed by atoms with Gasteiger partial charge in [0.05, 0.1) is 6.61 Å². The molecule has 8 heteroatoms. The number of esters is 1. The van der Waals surface area contributed by atoms with Crippen molar-refractivity contribution in [1.29, 1.82) is 0 Å². The fraction of sp³-hybridized carbons (Fsp3) is 0.484. The average Bonchev–Trinajstić information content (AvgIpc) is 3.32. The van der Waals surface area contributed by atoms with E-state index in [0.29, 0.717) is 48.0 Å². The van der Waals surface area contributed by atoms with Crippen LogP contribution in [0.5, 0.6) is 0 Å². The molecule has 4 aromatic carbocycles. The number of nitrogens with zero attached hydrogens (tertiary/aromatic N) is 6. The Morgan fingerprint density at radius 2 is 0.778 bits per heavy atom. The highest BCUT2D eigenvalue weighted by Gasteiger charge is 2.25. The Morgan fingerprint density at radius 1 is 0.458 bits per heavy atom. The maximum absolute atomic E-state index is 11.8. The van der Waals surface area contributed by atoms with Crippen molar-refractivity contribution in [2.24, 2.45) is 41.4 Å². The van der Waals surface area contributed by atoms with Crippen LogP contribution in [0, 0.1) is 41.4 Å². The molecule has 0 radical (unpaired) electrons. The van der Waals surface area contributed by atoms with E-state index in [4.69, 9.17) is 4.74 Å². The van der Waals surface area contributed by atoms with Crippen LogP contribution >= 0.6 is 0 Å². The van der Waals surface area contributed by atoms with E-state index in [0.717, 1.165) is 98.6 Å². The lowest BCUT2D eigenvalue weighted by Gasteiger charge is -2.31. The standard InChI is InChI=1S/C64H92N6O2/c1-16-64(71)72-39-17-38-65(40-47(2)3)54-18-26-58(27-19-54)69(59-28-20-55(21-29-59)66(41-48(4)5)42-49(6)7)62-34-36-63(37-35-62)70(60-30-22-56(23-31-60)67(43-50(8)9)44-51(10)11)61-32-24-57(25-33-61)68(45-52(12)13)46-53(14)15/h16,18-37,47-53H,1,17,38-46H2,2-15H3/q+2. The molecule has 8 nitrogen and oxygen atoms in total. The van der Waals surface area contributed by atoms with Crippen LogP contribution in [-0.4, -0.2) is 80.9 Å². The normalized spacial score (nSPS) is 12.6. The highest BCUT2D eigenvalue weighted by atomic mass is 16.5. The molecule has 0 amide bonds. The van der Waals surface area contributed by atoms with Crippen LogP contribution in [-0.2, 0) is 9.53 Å². The Balaban J connectivity index is 1.62. The summed E-state index contributed by atoms with van der Waals surface area (Å²) < 4.78 is 10.2. The van der Waals surface area contributed by atoms with Gasteiger partial charge in [-0.05, 0) is 109 Å². The van der Waals surface area contributed by atoms with Gasteiger partial charge in [-0.2, -0.15) is 4.58 Å². The molecule has 0 heterocycles. The number of rotatable bonds is 27. The smallest absolute Gasteiger partial charge is 0.330 e. The first-order valence-corrected chi connectivity index (χ1v) is 27.2. The summed E-state index contributed by atoms with van der Waals surface area (Å²) >= 11 is 0. The van der Waals surface area contributed by atoms with Crippen LogP contribution in [0.15, 0.2) is 134 Å². The SMILES string of the molecule is C=CC(=O)OCCCN(CC(C)C)c1ccc([N+](=C2C=CC(=[N+](CC(C)C)CC(C)C)C=C2)c2ccc(N(c3ccc(N(CC(C)C)CC(C)C)cc3)c3ccc(N(CC(C)C)CC(C)C)cc3)cc2)cc1.